The summed E-state index contributed by atoms with van der Waals surface area (Å²) in [4.78, 5) is 28.7. The summed E-state index contributed by atoms with van der Waals surface area (Å²) in [6, 6.07) is 9.14. The summed E-state index contributed by atoms with van der Waals surface area (Å²) in [6.07, 6.45) is 0. The quantitative estimate of drug-likeness (QED) is 0.594. The van der Waals surface area contributed by atoms with Crippen molar-refractivity contribution in [2.24, 2.45) is 5.41 Å². The first kappa shape index (κ1) is 21.6. The molecule has 0 saturated heterocycles. The van der Waals surface area contributed by atoms with E-state index in [1.165, 1.54) is 0 Å². The smallest absolute Gasteiger partial charge is 0.272 e. The molecule has 0 unspecified atom stereocenters. The van der Waals surface area contributed by atoms with E-state index in [9.17, 15) is 9.59 Å². The molecule has 0 saturated carbocycles. The van der Waals surface area contributed by atoms with Gasteiger partial charge in [-0.2, -0.15) is 5.10 Å². The van der Waals surface area contributed by atoms with Crippen LogP contribution in [0, 0.1) is 12.3 Å². The molecule has 0 radical (unpaired) electrons. The number of hydrogen-bond donors (Lipinski definition) is 3. The molecule has 0 bridgehead atoms. The Balaban J connectivity index is 1.94. The lowest BCUT2D eigenvalue weighted by Crippen LogP contribution is -2.33. The molecular weight excluding hydrogens is 378 g/mol. The summed E-state index contributed by atoms with van der Waals surface area (Å²) in [5, 5.41) is 11.1. The first-order valence-corrected chi connectivity index (χ1v) is 10.1. The zero-order valence-electron chi connectivity index (χ0n) is 18.8. The molecule has 2 aromatic heterocycles. The highest BCUT2D eigenvalue weighted by atomic mass is 16.2. The number of fused-ring (bicyclic) bond motifs is 1. The number of carbonyl (C=O) groups excluding carboxylic acids is 2. The predicted octanol–water partition coefficient (Wildman–Crippen LogP) is 4.46. The van der Waals surface area contributed by atoms with Gasteiger partial charge < -0.3 is 15.6 Å². The molecule has 2 amide bonds. The zero-order chi connectivity index (χ0) is 22.3. The number of amides is 2. The number of aromatic amines is 1. The molecule has 2 heterocycles. The molecule has 3 aromatic rings. The molecule has 30 heavy (non-hydrogen) atoms. The Morgan fingerprint density at radius 3 is 2.23 bits per heavy atom. The highest BCUT2D eigenvalue weighted by molar-refractivity contribution is 6.08. The van der Waals surface area contributed by atoms with Gasteiger partial charge in [0.1, 0.15) is 11.5 Å². The summed E-state index contributed by atoms with van der Waals surface area (Å²) in [6.45, 7) is 14.7. The average Bonchev–Trinajstić information content (AvgIpc) is 3.17. The van der Waals surface area contributed by atoms with E-state index in [0.717, 1.165) is 5.56 Å². The summed E-state index contributed by atoms with van der Waals surface area (Å²) in [5.41, 5.74) is 2.32. The molecule has 0 aliphatic rings. The number of anilines is 1. The number of nitrogens with zero attached hydrogens (tertiary/aromatic N) is 2. The molecule has 0 spiro atoms. The number of H-pyrrole nitrogens is 1. The van der Waals surface area contributed by atoms with E-state index in [0.29, 0.717) is 34.7 Å². The summed E-state index contributed by atoms with van der Waals surface area (Å²) in [7, 11) is 0. The minimum absolute atomic E-state index is 0.0350. The van der Waals surface area contributed by atoms with Gasteiger partial charge in [0.2, 0.25) is 0 Å². The molecular formula is C23H31N5O2. The van der Waals surface area contributed by atoms with Crippen molar-refractivity contribution in [3.05, 3.63) is 47.2 Å². The van der Waals surface area contributed by atoms with Crippen molar-refractivity contribution in [2.45, 2.75) is 54.0 Å². The van der Waals surface area contributed by atoms with Crippen molar-refractivity contribution in [1.82, 2.24) is 20.1 Å². The summed E-state index contributed by atoms with van der Waals surface area (Å²) >= 11 is 0. The minimum atomic E-state index is -0.343. The van der Waals surface area contributed by atoms with Crippen LogP contribution < -0.4 is 10.6 Å². The van der Waals surface area contributed by atoms with Crippen molar-refractivity contribution >= 4 is 28.7 Å². The maximum Gasteiger partial charge on any atom is 0.272 e. The van der Waals surface area contributed by atoms with Crippen LogP contribution in [0.25, 0.3) is 11.0 Å². The molecule has 3 N–H and O–H groups in total. The average molecular weight is 410 g/mol. The molecule has 7 nitrogen and oxygen atoms in total. The van der Waals surface area contributed by atoms with Gasteiger partial charge in [0.15, 0.2) is 5.69 Å². The zero-order valence-corrected chi connectivity index (χ0v) is 18.8. The summed E-state index contributed by atoms with van der Waals surface area (Å²) < 4.78 is 1.79. The lowest BCUT2D eigenvalue weighted by molar-refractivity contribution is 0.0933. The van der Waals surface area contributed by atoms with Gasteiger partial charge in [0.25, 0.3) is 11.8 Å². The second kappa shape index (κ2) is 7.63. The molecule has 0 aliphatic carbocycles. The van der Waals surface area contributed by atoms with Crippen LogP contribution in [0.1, 0.15) is 68.0 Å². The number of carbonyl (C=O) groups is 2. The topological polar surface area (TPSA) is 91.8 Å². The third-order valence-corrected chi connectivity index (χ3v) is 4.66. The second-order valence-corrected chi connectivity index (χ2v) is 9.94. The third kappa shape index (κ3) is 4.72. The van der Waals surface area contributed by atoms with Crippen molar-refractivity contribution in [1.29, 1.82) is 0 Å². The first-order chi connectivity index (χ1) is 13.8. The minimum Gasteiger partial charge on any atom is -0.350 e. The van der Waals surface area contributed by atoms with Gasteiger partial charge >= 0.3 is 0 Å². The Bertz CT molecular complexity index is 1080. The fraction of sp³-hybridized carbons (Fsp3) is 0.435. The fourth-order valence-electron chi connectivity index (χ4n) is 3.04. The molecule has 3 rings (SSSR count). The van der Waals surface area contributed by atoms with Crippen molar-refractivity contribution in [3.63, 3.8) is 0 Å². The van der Waals surface area contributed by atoms with Crippen LogP contribution in [0.15, 0.2) is 30.3 Å². The number of rotatable bonds is 4. The van der Waals surface area contributed by atoms with E-state index in [2.05, 4.69) is 41.5 Å². The number of nitrogens with one attached hydrogen (secondary N) is 3. The van der Waals surface area contributed by atoms with Gasteiger partial charge in [0.05, 0.1) is 10.9 Å². The van der Waals surface area contributed by atoms with Crippen LogP contribution in [0.3, 0.4) is 0 Å². The maximum atomic E-state index is 12.8. The van der Waals surface area contributed by atoms with E-state index >= 15 is 0 Å². The lowest BCUT2D eigenvalue weighted by Gasteiger charge is -2.20. The van der Waals surface area contributed by atoms with Gasteiger partial charge in [-0.05, 0) is 51.3 Å². The molecule has 7 heteroatoms. The maximum absolute atomic E-state index is 12.8. The van der Waals surface area contributed by atoms with Crippen molar-refractivity contribution in [2.75, 3.05) is 11.9 Å². The monoisotopic (exact) mass is 409 g/mol. The highest BCUT2D eigenvalue weighted by Crippen LogP contribution is 2.28. The van der Waals surface area contributed by atoms with Crippen LogP contribution in [0.4, 0.5) is 5.82 Å². The largest absolute Gasteiger partial charge is 0.350 e. The SMILES string of the molecule is Cc1ccc(C(=O)Nc2cc3c(C(=O)NCC(C)(C)C)nn(C(C)(C)C)c3[nH]2)cc1. The number of benzene rings is 1. The Labute approximate surface area is 177 Å². The number of aromatic nitrogens is 3. The van der Waals surface area contributed by atoms with Gasteiger partial charge in [0, 0.05) is 12.1 Å². The van der Waals surface area contributed by atoms with Crippen molar-refractivity contribution in [3.8, 4) is 0 Å². The predicted molar refractivity (Wildman–Crippen MR) is 120 cm³/mol. The van der Waals surface area contributed by atoms with Gasteiger partial charge in [-0.15, -0.1) is 0 Å². The van der Waals surface area contributed by atoms with Crippen LogP contribution in [0.2, 0.25) is 0 Å². The Morgan fingerprint density at radius 2 is 1.67 bits per heavy atom. The molecule has 0 atom stereocenters. The highest BCUT2D eigenvalue weighted by Gasteiger charge is 2.26. The molecule has 0 aliphatic heterocycles. The van der Waals surface area contributed by atoms with E-state index in [1.807, 2.05) is 39.8 Å². The lowest BCUT2D eigenvalue weighted by atomic mass is 9.97. The molecule has 0 fully saturated rings. The van der Waals surface area contributed by atoms with Gasteiger partial charge in [-0.1, -0.05) is 38.5 Å². The summed E-state index contributed by atoms with van der Waals surface area (Å²) in [5.74, 6) is 0.0806. The van der Waals surface area contributed by atoms with E-state index in [4.69, 9.17) is 0 Å². The van der Waals surface area contributed by atoms with E-state index in [1.54, 1.807) is 22.9 Å². The third-order valence-electron chi connectivity index (χ3n) is 4.66. The van der Waals surface area contributed by atoms with E-state index < -0.39 is 0 Å². The first-order valence-electron chi connectivity index (χ1n) is 10.1. The van der Waals surface area contributed by atoms with Crippen LogP contribution in [-0.2, 0) is 5.54 Å². The second-order valence-electron chi connectivity index (χ2n) is 9.94. The number of aryl methyl sites for hydroxylation is 1. The fourth-order valence-corrected chi connectivity index (χ4v) is 3.04. The molecule has 1 aromatic carbocycles. The van der Waals surface area contributed by atoms with Gasteiger partial charge in [-0.25, -0.2) is 4.68 Å². The van der Waals surface area contributed by atoms with Crippen LogP contribution in [-0.4, -0.2) is 33.1 Å². The van der Waals surface area contributed by atoms with Crippen LogP contribution >= 0.6 is 0 Å². The normalized spacial score (nSPS) is 12.2. The standard InChI is InChI=1S/C23H31N5O2/c1-14-8-10-15(11-9-14)20(29)26-17-12-16-18(21(30)24-13-22(2,3)4)27-28(19(16)25-17)23(5,6)7/h8-12,25H,13H2,1-7H3,(H,24,30)(H,26,29). The van der Waals surface area contributed by atoms with Gasteiger partial charge in [-0.3, -0.25) is 9.59 Å². The van der Waals surface area contributed by atoms with Crippen molar-refractivity contribution < 1.29 is 9.59 Å². The Kier molecular flexibility index (Phi) is 5.50. The Hall–Kier alpha value is -3.09. The number of hydrogen-bond acceptors (Lipinski definition) is 3. The molecule has 160 valence electrons. The van der Waals surface area contributed by atoms with E-state index in [-0.39, 0.29) is 22.8 Å². The van der Waals surface area contributed by atoms with Crippen LogP contribution in [0.5, 0.6) is 0 Å². The Morgan fingerprint density at radius 1 is 1.03 bits per heavy atom.